The summed E-state index contributed by atoms with van der Waals surface area (Å²) >= 11 is 1.45. The molecular formula is C21H25FN4O4S2. The molecule has 0 N–H and O–H groups in total. The van der Waals surface area contributed by atoms with Crippen LogP contribution >= 0.6 is 11.5 Å². The molecule has 0 radical (unpaired) electrons. The maximum absolute atomic E-state index is 14.3. The quantitative estimate of drug-likeness (QED) is 0.627. The van der Waals surface area contributed by atoms with Gasteiger partial charge in [0.15, 0.2) is 27.5 Å². The summed E-state index contributed by atoms with van der Waals surface area (Å²) in [6.07, 6.45) is 4.80. The Morgan fingerprint density at radius 2 is 1.88 bits per heavy atom. The molecule has 3 heterocycles. The van der Waals surface area contributed by atoms with Crippen LogP contribution in [0.5, 0.6) is 5.75 Å². The lowest BCUT2D eigenvalue weighted by molar-refractivity contribution is -0.135. The molecule has 2 aromatic rings. The Kier molecular flexibility index (Phi) is 5.56. The van der Waals surface area contributed by atoms with Crippen molar-refractivity contribution in [3.8, 4) is 5.75 Å². The third-order valence-electron chi connectivity index (χ3n) is 6.34. The molecule has 1 aromatic carbocycles. The van der Waals surface area contributed by atoms with Gasteiger partial charge in [0.2, 0.25) is 5.13 Å². The first-order valence-corrected chi connectivity index (χ1v) is 13.5. The number of benzene rings is 1. The van der Waals surface area contributed by atoms with Gasteiger partial charge >= 0.3 is 0 Å². The molecule has 2 saturated heterocycles. The largest absolute Gasteiger partial charge is 0.477 e. The zero-order chi connectivity index (χ0) is 22.5. The Bertz CT molecular complexity index is 1130. The van der Waals surface area contributed by atoms with E-state index < -0.39 is 21.8 Å². The monoisotopic (exact) mass is 480 g/mol. The van der Waals surface area contributed by atoms with Gasteiger partial charge in [-0.3, -0.25) is 4.79 Å². The lowest BCUT2D eigenvalue weighted by atomic mass is 10.0. The molecule has 1 saturated carbocycles. The van der Waals surface area contributed by atoms with Crippen LogP contribution in [0.1, 0.15) is 43.8 Å². The lowest BCUT2D eigenvalue weighted by Crippen LogP contribution is -2.47. The van der Waals surface area contributed by atoms with Crippen molar-refractivity contribution in [2.24, 2.45) is 0 Å². The second-order valence-electron chi connectivity index (χ2n) is 8.72. The standard InChI is InChI=1S/C21H25FN4O4S2/c1-32(28,29)15-4-5-17(16(22)12-15)30-18-8-11-26(20(18)27)14-6-9-25(10-7-14)21-23-19(24-31-21)13-2-3-13/h4-5,12-14,18H,2-3,6-11H2,1H3. The maximum Gasteiger partial charge on any atom is 0.263 e. The number of carbonyl (C=O) groups excluding carboxylic acids is 1. The molecule has 1 atom stereocenters. The predicted molar refractivity (Wildman–Crippen MR) is 117 cm³/mol. The first-order chi connectivity index (χ1) is 15.3. The molecule has 3 aliphatic rings. The summed E-state index contributed by atoms with van der Waals surface area (Å²) in [5, 5.41) is 0.965. The van der Waals surface area contributed by atoms with Crippen LogP contribution in [0, 0.1) is 5.82 Å². The molecule has 2 aliphatic heterocycles. The van der Waals surface area contributed by atoms with Gasteiger partial charge in [-0.25, -0.2) is 17.8 Å². The highest BCUT2D eigenvalue weighted by Crippen LogP contribution is 2.40. The molecule has 1 unspecified atom stereocenters. The van der Waals surface area contributed by atoms with Crippen molar-refractivity contribution < 1.29 is 22.3 Å². The number of ether oxygens (including phenoxy) is 1. The number of rotatable bonds is 6. The molecule has 8 nitrogen and oxygen atoms in total. The van der Waals surface area contributed by atoms with E-state index in [-0.39, 0.29) is 22.6 Å². The van der Waals surface area contributed by atoms with Crippen molar-refractivity contribution in [2.45, 2.75) is 55.1 Å². The highest BCUT2D eigenvalue weighted by Gasteiger charge is 2.39. The minimum absolute atomic E-state index is 0.102. The average molecular weight is 481 g/mol. The Labute approximate surface area is 190 Å². The van der Waals surface area contributed by atoms with Crippen LogP contribution in [0.2, 0.25) is 0 Å². The van der Waals surface area contributed by atoms with Gasteiger partial charge in [0.1, 0.15) is 5.82 Å². The van der Waals surface area contributed by atoms with Crippen LogP contribution in [-0.4, -0.2) is 66.6 Å². The van der Waals surface area contributed by atoms with Crippen molar-refractivity contribution in [3.05, 3.63) is 29.8 Å². The number of aromatic nitrogens is 2. The smallest absolute Gasteiger partial charge is 0.263 e. The number of likely N-dealkylation sites (tertiary alicyclic amines) is 1. The average Bonchev–Trinajstić information content (AvgIpc) is 3.38. The second kappa shape index (κ2) is 8.26. The summed E-state index contributed by atoms with van der Waals surface area (Å²) in [7, 11) is -3.51. The van der Waals surface area contributed by atoms with Gasteiger partial charge in [-0.1, -0.05) is 0 Å². The number of halogens is 1. The fraction of sp³-hybridized carbons (Fsp3) is 0.571. The SMILES string of the molecule is CS(=O)(=O)c1ccc(OC2CCN(C3CCN(c4nc(C5CC5)ns4)CC3)C2=O)c(F)c1. The minimum atomic E-state index is -3.51. The topological polar surface area (TPSA) is 92.7 Å². The zero-order valence-electron chi connectivity index (χ0n) is 17.7. The second-order valence-corrected chi connectivity index (χ2v) is 11.5. The van der Waals surface area contributed by atoms with E-state index in [2.05, 4.69) is 14.3 Å². The molecule has 32 heavy (non-hydrogen) atoms. The van der Waals surface area contributed by atoms with E-state index in [9.17, 15) is 17.6 Å². The minimum Gasteiger partial charge on any atom is -0.477 e. The summed E-state index contributed by atoms with van der Waals surface area (Å²) in [4.78, 5) is 21.6. The summed E-state index contributed by atoms with van der Waals surface area (Å²) in [5.74, 6) is 0.495. The van der Waals surface area contributed by atoms with Crippen molar-refractivity contribution in [1.82, 2.24) is 14.3 Å². The van der Waals surface area contributed by atoms with Gasteiger partial charge in [0.05, 0.1) is 4.90 Å². The van der Waals surface area contributed by atoms with Crippen LogP contribution in [0.15, 0.2) is 23.1 Å². The van der Waals surface area contributed by atoms with Gasteiger partial charge in [-0.2, -0.15) is 4.37 Å². The van der Waals surface area contributed by atoms with Gasteiger partial charge in [0, 0.05) is 55.8 Å². The molecule has 11 heteroatoms. The van der Waals surface area contributed by atoms with Crippen molar-refractivity contribution in [1.29, 1.82) is 0 Å². The van der Waals surface area contributed by atoms with E-state index in [1.807, 2.05) is 4.90 Å². The third kappa shape index (κ3) is 4.32. The number of piperidine rings is 1. The highest BCUT2D eigenvalue weighted by atomic mass is 32.2. The molecule has 1 aliphatic carbocycles. The number of hydrogen-bond acceptors (Lipinski definition) is 8. The molecule has 172 valence electrons. The number of carbonyl (C=O) groups is 1. The third-order valence-corrected chi connectivity index (χ3v) is 8.24. The summed E-state index contributed by atoms with van der Waals surface area (Å²) in [6, 6.07) is 3.63. The lowest BCUT2D eigenvalue weighted by Gasteiger charge is -2.36. The summed E-state index contributed by atoms with van der Waals surface area (Å²) in [6.45, 7) is 2.21. The normalized spacial score (nSPS) is 22.6. The van der Waals surface area contributed by atoms with E-state index in [0.29, 0.717) is 18.9 Å². The van der Waals surface area contributed by atoms with E-state index in [1.165, 1.54) is 36.5 Å². The van der Waals surface area contributed by atoms with Crippen LogP contribution in [-0.2, 0) is 14.6 Å². The van der Waals surface area contributed by atoms with E-state index in [1.54, 1.807) is 0 Å². The highest BCUT2D eigenvalue weighted by molar-refractivity contribution is 7.90. The Balaban J connectivity index is 1.18. The molecule has 1 aromatic heterocycles. The fourth-order valence-electron chi connectivity index (χ4n) is 4.34. The van der Waals surface area contributed by atoms with Crippen LogP contribution in [0.3, 0.4) is 0 Å². The van der Waals surface area contributed by atoms with Gasteiger partial charge in [-0.15, -0.1) is 0 Å². The molecular weight excluding hydrogens is 455 g/mol. The van der Waals surface area contributed by atoms with Crippen molar-refractivity contribution >= 4 is 32.4 Å². The van der Waals surface area contributed by atoms with Crippen LogP contribution in [0.4, 0.5) is 9.52 Å². The summed E-state index contributed by atoms with van der Waals surface area (Å²) < 4.78 is 47.6. The van der Waals surface area contributed by atoms with Gasteiger partial charge < -0.3 is 14.5 Å². The van der Waals surface area contributed by atoms with E-state index in [0.717, 1.165) is 49.2 Å². The van der Waals surface area contributed by atoms with Gasteiger partial charge in [-0.05, 0) is 43.9 Å². The first-order valence-electron chi connectivity index (χ1n) is 10.8. The van der Waals surface area contributed by atoms with E-state index >= 15 is 0 Å². The molecule has 0 spiro atoms. The van der Waals surface area contributed by atoms with Crippen molar-refractivity contribution in [2.75, 3.05) is 30.8 Å². The molecule has 5 rings (SSSR count). The number of amides is 1. The van der Waals surface area contributed by atoms with Gasteiger partial charge in [0.25, 0.3) is 5.91 Å². The number of anilines is 1. The van der Waals surface area contributed by atoms with Crippen LogP contribution < -0.4 is 9.64 Å². The zero-order valence-corrected chi connectivity index (χ0v) is 19.4. The van der Waals surface area contributed by atoms with E-state index in [4.69, 9.17) is 4.74 Å². The fourth-order valence-corrected chi connectivity index (χ4v) is 5.77. The Morgan fingerprint density at radius 1 is 1.12 bits per heavy atom. The predicted octanol–water partition coefficient (Wildman–Crippen LogP) is 2.61. The first kappa shape index (κ1) is 21.6. The molecule has 1 amide bonds. The molecule has 0 bridgehead atoms. The number of sulfone groups is 1. The summed E-state index contributed by atoms with van der Waals surface area (Å²) in [5.41, 5.74) is 0. The Hall–Kier alpha value is -2.27. The number of hydrogen-bond donors (Lipinski definition) is 0. The molecule has 3 fully saturated rings. The van der Waals surface area contributed by atoms with Crippen molar-refractivity contribution in [3.63, 3.8) is 0 Å². The maximum atomic E-state index is 14.3. The van der Waals surface area contributed by atoms with Crippen LogP contribution in [0.25, 0.3) is 0 Å². The number of nitrogens with zero attached hydrogens (tertiary/aromatic N) is 4. The Morgan fingerprint density at radius 3 is 2.53 bits per heavy atom.